The van der Waals surface area contributed by atoms with Gasteiger partial charge in [-0.2, -0.15) is 0 Å². The van der Waals surface area contributed by atoms with Crippen LogP contribution < -0.4 is 0 Å². The molecule has 1 amide bonds. The minimum absolute atomic E-state index is 0.184. The number of hydrogen-bond acceptors (Lipinski definition) is 2. The van der Waals surface area contributed by atoms with Gasteiger partial charge >= 0.3 is 0 Å². The van der Waals surface area contributed by atoms with Crippen LogP contribution in [0.15, 0.2) is 22.7 Å². The highest BCUT2D eigenvalue weighted by atomic mass is 79.9. The van der Waals surface area contributed by atoms with Crippen LogP contribution in [0.5, 0.6) is 0 Å². The van der Waals surface area contributed by atoms with E-state index >= 15 is 0 Å². The summed E-state index contributed by atoms with van der Waals surface area (Å²) in [5.74, 6) is 0.184. The van der Waals surface area contributed by atoms with Crippen molar-refractivity contribution in [3.63, 3.8) is 0 Å². The predicted molar refractivity (Wildman–Crippen MR) is 88.6 cm³/mol. The van der Waals surface area contributed by atoms with E-state index in [9.17, 15) is 4.79 Å². The maximum absolute atomic E-state index is 12.8. The van der Waals surface area contributed by atoms with E-state index in [1.54, 1.807) is 0 Å². The van der Waals surface area contributed by atoms with Gasteiger partial charge in [-0.05, 0) is 69.5 Å². The molecule has 2 aliphatic rings. The molecule has 0 N–H and O–H groups in total. The van der Waals surface area contributed by atoms with Crippen LogP contribution in [0.25, 0.3) is 0 Å². The molecule has 2 aliphatic heterocycles. The molecule has 2 saturated heterocycles. The normalized spacial score (nSPS) is 23.5. The molecule has 114 valence electrons. The molecule has 0 bridgehead atoms. The fourth-order valence-corrected chi connectivity index (χ4v) is 4.19. The summed E-state index contributed by atoms with van der Waals surface area (Å²) in [5, 5.41) is 0. The molecule has 2 heterocycles. The molecule has 3 rings (SSSR count). The Kier molecular flexibility index (Phi) is 4.65. The summed E-state index contributed by atoms with van der Waals surface area (Å²) in [5.41, 5.74) is 1.93. The first-order valence-corrected chi connectivity index (χ1v) is 8.73. The zero-order chi connectivity index (χ0) is 14.8. The van der Waals surface area contributed by atoms with E-state index in [1.807, 2.05) is 30.0 Å². The average molecular weight is 351 g/mol. The Hall–Kier alpha value is -0.870. The van der Waals surface area contributed by atoms with Crippen LogP contribution >= 0.6 is 15.9 Å². The Bertz CT molecular complexity index is 505. The molecule has 3 nitrogen and oxygen atoms in total. The van der Waals surface area contributed by atoms with Gasteiger partial charge in [-0.1, -0.05) is 15.9 Å². The molecule has 0 saturated carbocycles. The number of rotatable bonds is 2. The molecule has 4 heteroatoms. The van der Waals surface area contributed by atoms with Gasteiger partial charge in [0.05, 0.1) is 0 Å². The zero-order valence-corrected chi connectivity index (χ0v) is 14.2. The lowest BCUT2D eigenvalue weighted by Crippen LogP contribution is -2.49. The van der Waals surface area contributed by atoms with Crippen molar-refractivity contribution in [3.8, 4) is 0 Å². The maximum atomic E-state index is 12.8. The van der Waals surface area contributed by atoms with Crippen molar-refractivity contribution in [2.75, 3.05) is 26.2 Å². The maximum Gasteiger partial charge on any atom is 0.253 e. The molecule has 0 aliphatic carbocycles. The third-order valence-corrected chi connectivity index (χ3v) is 5.09. The highest BCUT2D eigenvalue weighted by Gasteiger charge is 2.29. The highest BCUT2D eigenvalue weighted by Crippen LogP contribution is 2.23. The molecule has 1 aromatic carbocycles. The van der Waals surface area contributed by atoms with Gasteiger partial charge in [0.1, 0.15) is 0 Å². The van der Waals surface area contributed by atoms with E-state index in [0.29, 0.717) is 6.04 Å². The standard InChI is InChI=1S/C17H23BrN2O/c1-13-9-14(11-15(18)10-13)17(21)20-8-4-5-16(12-20)19-6-2-3-7-19/h9-11,16H,2-8,12H2,1H3. The second-order valence-electron chi connectivity index (χ2n) is 6.31. The van der Waals surface area contributed by atoms with E-state index in [0.717, 1.165) is 35.1 Å². The van der Waals surface area contributed by atoms with E-state index < -0.39 is 0 Å². The lowest BCUT2D eigenvalue weighted by atomic mass is 10.0. The zero-order valence-electron chi connectivity index (χ0n) is 12.6. The summed E-state index contributed by atoms with van der Waals surface area (Å²) in [4.78, 5) is 17.4. The fraction of sp³-hybridized carbons (Fsp3) is 0.588. The SMILES string of the molecule is Cc1cc(Br)cc(C(=O)N2CCCC(N3CCCC3)C2)c1. The van der Waals surface area contributed by atoms with Crippen molar-refractivity contribution in [2.45, 2.75) is 38.6 Å². The Balaban J connectivity index is 1.71. The van der Waals surface area contributed by atoms with Crippen molar-refractivity contribution >= 4 is 21.8 Å². The fourth-order valence-electron chi connectivity index (χ4n) is 3.59. The number of hydrogen-bond donors (Lipinski definition) is 0. The van der Waals surface area contributed by atoms with Crippen molar-refractivity contribution in [1.29, 1.82) is 0 Å². The van der Waals surface area contributed by atoms with Crippen molar-refractivity contribution in [3.05, 3.63) is 33.8 Å². The van der Waals surface area contributed by atoms with Crippen LogP contribution in [0.2, 0.25) is 0 Å². The largest absolute Gasteiger partial charge is 0.337 e. The third kappa shape index (κ3) is 3.49. The van der Waals surface area contributed by atoms with Crippen LogP contribution in [-0.2, 0) is 0 Å². The van der Waals surface area contributed by atoms with Crippen LogP contribution in [0.1, 0.15) is 41.6 Å². The monoisotopic (exact) mass is 350 g/mol. The number of carbonyl (C=O) groups is 1. The van der Waals surface area contributed by atoms with Crippen LogP contribution in [0.3, 0.4) is 0 Å². The van der Waals surface area contributed by atoms with Gasteiger partial charge in [0, 0.05) is 29.2 Å². The number of carbonyl (C=O) groups excluding carboxylic acids is 1. The quantitative estimate of drug-likeness (QED) is 0.815. The van der Waals surface area contributed by atoms with Gasteiger partial charge in [-0.25, -0.2) is 0 Å². The van der Waals surface area contributed by atoms with E-state index in [1.165, 1.54) is 32.4 Å². The topological polar surface area (TPSA) is 23.6 Å². The second kappa shape index (κ2) is 6.49. The predicted octanol–water partition coefficient (Wildman–Crippen LogP) is 3.46. The Morgan fingerprint density at radius 3 is 2.62 bits per heavy atom. The van der Waals surface area contributed by atoms with Crippen molar-refractivity contribution < 1.29 is 4.79 Å². The van der Waals surface area contributed by atoms with Crippen LogP contribution in [0, 0.1) is 6.92 Å². The number of piperidine rings is 1. The molecule has 1 atom stereocenters. The Morgan fingerprint density at radius 1 is 1.14 bits per heavy atom. The molecule has 21 heavy (non-hydrogen) atoms. The molecular formula is C17H23BrN2O. The van der Waals surface area contributed by atoms with E-state index in [2.05, 4.69) is 20.8 Å². The second-order valence-corrected chi connectivity index (χ2v) is 7.22. The minimum atomic E-state index is 0.184. The number of likely N-dealkylation sites (tertiary alicyclic amines) is 2. The van der Waals surface area contributed by atoms with Crippen LogP contribution in [-0.4, -0.2) is 47.9 Å². The minimum Gasteiger partial charge on any atom is -0.337 e. The Morgan fingerprint density at radius 2 is 1.90 bits per heavy atom. The molecule has 1 unspecified atom stereocenters. The molecule has 2 fully saturated rings. The molecule has 0 spiro atoms. The van der Waals surface area contributed by atoms with Crippen LogP contribution in [0.4, 0.5) is 0 Å². The highest BCUT2D eigenvalue weighted by molar-refractivity contribution is 9.10. The first-order chi connectivity index (χ1) is 10.1. The summed E-state index contributed by atoms with van der Waals surface area (Å²) in [6.45, 7) is 6.25. The van der Waals surface area contributed by atoms with Crippen molar-refractivity contribution in [1.82, 2.24) is 9.80 Å². The van der Waals surface area contributed by atoms with Gasteiger partial charge in [-0.3, -0.25) is 9.69 Å². The van der Waals surface area contributed by atoms with Gasteiger partial charge in [0.15, 0.2) is 0 Å². The summed E-state index contributed by atoms with van der Waals surface area (Å²) in [7, 11) is 0. The number of halogens is 1. The first kappa shape index (κ1) is 15.0. The summed E-state index contributed by atoms with van der Waals surface area (Å²) in [6, 6.07) is 6.54. The average Bonchev–Trinajstić information content (AvgIpc) is 3.00. The van der Waals surface area contributed by atoms with Gasteiger partial charge in [0.2, 0.25) is 0 Å². The van der Waals surface area contributed by atoms with Crippen molar-refractivity contribution in [2.24, 2.45) is 0 Å². The Labute approximate surface area is 135 Å². The lowest BCUT2D eigenvalue weighted by Gasteiger charge is -2.37. The number of aryl methyl sites for hydroxylation is 1. The van der Waals surface area contributed by atoms with Gasteiger partial charge < -0.3 is 4.90 Å². The first-order valence-electron chi connectivity index (χ1n) is 7.94. The lowest BCUT2D eigenvalue weighted by molar-refractivity contribution is 0.0608. The molecule has 1 aromatic rings. The number of nitrogens with zero attached hydrogens (tertiary/aromatic N) is 2. The van der Waals surface area contributed by atoms with E-state index in [4.69, 9.17) is 0 Å². The molecule has 0 aromatic heterocycles. The number of benzene rings is 1. The molecule has 0 radical (unpaired) electrons. The summed E-state index contributed by atoms with van der Waals surface area (Å²) < 4.78 is 0.985. The molecular weight excluding hydrogens is 328 g/mol. The summed E-state index contributed by atoms with van der Waals surface area (Å²) >= 11 is 3.49. The van der Waals surface area contributed by atoms with Gasteiger partial charge in [0.25, 0.3) is 5.91 Å². The number of amides is 1. The third-order valence-electron chi connectivity index (χ3n) is 4.63. The van der Waals surface area contributed by atoms with E-state index in [-0.39, 0.29) is 5.91 Å². The van der Waals surface area contributed by atoms with Gasteiger partial charge in [-0.15, -0.1) is 0 Å². The summed E-state index contributed by atoms with van der Waals surface area (Å²) in [6.07, 6.45) is 4.99. The smallest absolute Gasteiger partial charge is 0.253 e.